The van der Waals surface area contributed by atoms with E-state index >= 15 is 0 Å². The first kappa shape index (κ1) is 48.3. The van der Waals surface area contributed by atoms with Crippen LogP contribution < -0.4 is 48.1 Å². The molecule has 9 rings (SSSR count). The second-order valence-corrected chi connectivity index (χ2v) is 19.1. The molecule has 0 spiro atoms. The molecular formula is C51H42AgBr2CuN3P3. The van der Waals surface area contributed by atoms with Gasteiger partial charge in [-0.15, -0.1) is 0 Å². The van der Waals surface area contributed by atoms with Gasteiger partial charge in [0.15, 0.2) is 0 Å². The van der Waals surface area contributed by atoms with Crippen molar-refractivity contribution in [3.63, 3.8) is 0 Å². The zero-order valence-electron chi connectivity index (χ0n) is 32.8. The van der Waals surface area contributed by atoms with E-state index in [2.05, 4.69) is 294 Å². The molecule has 0 aliphatic rings. The maximum Gasteiger partial charge on any atom is 0.0720 e. The molecule has 3 heterocycles. The Kier molecular flexibility index (Phi) is 22.8. The van der Waals surface area contributed by atoms with E-state index in [9.17, 15) is 0 Å². The van der Waals surface area contributed by atoms with Gasteiger partial charge in [-0.25, -0.2) is 0 Å². The van der Waals surface area contributed by atoms with Gasteiger partial charge in [-0.05, 0) is 68.2 Å². The van der Waals surface area contributed by atoms with Gasteiger partial charge in [0, 0.05) is 42.4 Å². The Morgan fingerprint density at radius 2 is 0.426 bits per heavy atom. The summed E-state index contributed by atoms with van der Waals surface area (Å²) in [4.78, 5) is 13.7. The molecule has 0 N–H and O–H groups in total. The van der Waals surface area contributed by atoms with E-state index < -0.39 is 23.8 Å². The molecule has 0 saturated carbocycles. The van der Waals surface area contributed by atoms with E-state index in [0.717, 1.165) is 16.3 Å². The molecule has 312 valence electrons. The number of pyridine rings is 3. The molecule has 10 heteroatoms. The van der Waals surface area contributed by atoms with Gasteiger partial charge in [0.25, 0.3) is 0 Å². The van der Waals surface area contributed by atoms with Crippen molar-refractivity contribution in [2.24, 2.45) is 0 Å². The van der Waals surface area contributed by atoms with Crippen LogP contribution in [0.25, 0.3) is 0 Å². The predicted octanol–water partition coefficient (Wildman–Crippen LogP) is 10.2. The third-order valence-electron chi connectivity index (χ3n) is 8.72. The summed E-state index contributed by atoms with van der Waals surface area (Å²) in [6, 6.07) is 82.1. The summed E-state index contributed by atoms with van der Waals surface area (Å²) in [5.41, 5.74) is 3.44. The number of benzene rings is 6. The van der Waals surface area contributed by atoms with Crippen molar-refractivity contribution in [2.75, 3.05) is 0 Å². The van der Waals surface area contributed by atoms with Crippen molar-refractivity contribution in [3.05, 3.63) is 255 Å². The minimum absolute atomic E-state index is 0.557. The van der Waals surface area contributed by atoms with Gasteiger partial charge in [0.2, 0.25) is 0 Å². The van der Waals surface area contributed by atoms with E-state index in [1.54, 1.807) is 0 Å². The first-order valence-corrected chi connectivity index (χ1v) is 28.8. The van der Waals surface area contributed by atoms with Crippen LogP contribution in [0.15, 0.2) is 255 Å². The van der Waals surface area contributed by atoms with Gasteiger partial charge in [-0.3, -0.25) is 15.0 Å². The number of nitrogens with zero attached hydrogens (tertiary/aromatic N) is 3. The number of aromatic nitrogens is 3. The van der Waals surface area contributed by atoms with Crippen LogP contribution in [0.4, 0.5) is 0 Å². The SMILES string of the molecule is [Br][Ag].[Cu][Br].c1ccc(P(c2ccccc2)c2ccccn2)cc1.c1ccc(P(c2ccccc2)c2ccccn2)cc1.c1ccc(P(c2ccccc2)c2ccccn2)cc1. The topological polar surface area (TPSA) is 38.7 Å². The number of rotatable bonds is 9. The maximum absolute atomic E-state index is 4.56. The fourth-order valence-electron chi connectivity index (χ4n) is 6.16. The summed E-state index contributed by atoms with van der Waals surface area (Å²) in [6.45, 7) is 0. The average Bonchev–Trinajstić information content (AvgIpc) is 3.37. The zero-order chi connectivity index (χ0) is 42.7. The van der Waals surface area contributed by atoms with Crippen molar-refractivity contribution >= 4 is 99.0 Å². The van der Waals surface area contributed by atoms with Gasteiger partial charge in [-0.2, -0.15) is 0 Å². The van der Waals surface area contributed by atoms with Crippen molar-refractivity contribution in [3.8, 4) is 0 Å². The van der Waals surface area contributed by atoms with Gasteiger partial charge in [0.1, 0.15) is 0 Å². The van der Waals surface area contributed by atoms with Gasteiger partial charge in [-0.1, -0.05) is 200 Å². The molecular weight excluding hydrogens is 1080 g/mol. The molecule has 9 aromatic rings. The standard InChI is InChI=1S/3C17H14NP.Ag.2BrH.Cu/c3*1-3-9-15(10-4-1)19(16-11-5-2-6-12-16)17-13-7-8-14-18-17;;;;/h3*1-14H;;2*1H;/q;;;+1;;;+1/p-2. The molecule has 0 unspecified atom stereocenters. The maximum atomic E-state index is 4.56. The molecule has 3 aromatic heterocycles. The second kappa shape index (κ2) is 28.8. The quantitative estimate of drug-likeness (QED) is 0.107. The second-order valence-electron chi connectivity index (χ2n) is 12.6. The smallest absolute Gasteiger partial charge is 0.0720 e. The van der Waals surface area contributed by atoms with E-state index in [-0.39, 0.29) is 0 Å². The molecule has 61 heavy (non-hydrogen) atoms. The molecule has 0 saturated heterocycles. The Balaban J connectivity index is 0.000000166. The summed E-state index contributed by atoms with van der Waals surface area (Å²) in [6.07, 6.45) is 5.61. The Morgan fingerprint density at radius 3 is 0.574 bits per heavy atom. The van der Waals surface area contributed by atoms with Crippen molar-refractivity contribution < 1.29 is 33.1 Å². The Hall–Kier alpha value is -3.72. The normalized spacial score (nSPS) is 10.1. The van der Waals surface area contributed by atoms with Crippen molar-refractivity contribution in [1.82, 2.24) is 15.0 Å². The molecule has 0 aliphatic carbocycles. The van der Waals surface area contributed by atoms with Crippen molar-refractivity contribution in [2.45, 2.75) is 0 Å². The summed E-state index contributed by atoms with van der Waals surface area (Å²) >= 11 is 12.0. The minimum atomic E-state index is -0.557. The van der Waals surface area contributed by atoms with Crippen LogP contribution in [-0.4, -0.2) is 15.0 Å². The van der Waals surface area contributed by atoms with Crippen LogP contribution in [0, 0.1) is 0 Å². The third-order valence-corrected chi connectivity index (χ3v) is 15.8. The molecule has 6 aromatic carbocycles. The average molecular weight is 1120 g/mol. The van der Waals surface area contributed by atoms with Gasteiger partial charge >= 0.3 is 60.3 Å². The fourth-order valence-corrected chi connectivity index (χ4v) is 12.7. The number of halogens is 2. The molecule has 0 atom stereocenters. The van der Waals surface area contributed by atoms with Gasteiger partial charge < -0.3 is 0 Å². The zero-order valence-corrected chi connectivity index (χ0v) is 41.1. The van der Waals surface area contributed by atoms with Crippen LogP contribution in [0.5, 0.6) is 0 Å². The van der Waals surface area contributed by atoms with E-state index in [4.69, 9.17) is 0 Å². The minimum Gasteiger partial charge on any atom is -0.256 e. The number of hydrogen-bond donors (Lipinski definition) is 0. The van der Waals surface area contributed by atoms with Crippen LogP contribution in [0.1, 0.15) is 0 Å². The predicted molar refractivity (Wildman–Crippen MR) is 267 cm³/mol. The van der Waals surface area contributed by atoms with Crippen molar-refractivity contribution in [1.29, 1.82) is 0 Å². The Labute approximate surface area is 398 Å². The summed E-state index contributed by atoms with van der Waals surface area (Å²) in [5.74, 6) is 0. The summed E-state index contributed by atoms with van der Waals surface area (Å²) < 4.78 is 0. The Bertz CT molecular complexity index is 1900. The third kappa shape index (κ3) is 15.2. The fraction of sp³-hybridized carbons (Fsp3) is 0. The van der Waals surface area contributed by atoms with Gasteiger partial charge in [0.05, 0.1) is 16.3 Å². The first-order chi connectivity index (χ1) is 30.3. The molecule has 0 fully saturated rings. The molecule has 0 bridgehead atoms. The van der Waals surface area contributed by atoms with E-state index in [1.165, 1.54) is 31.8 Å². The van der Waals surface area contributed by atoms with Crippen LogP contribution >= 0.6 is 50.9 Å². The molecule has 0 amide bonds. The van der Waals surface area contributed by atoms with E-state index in [1.807, 2.05) is 36.8 Å². The largest absolute Gasteiger partial charge is 0.256 e. The molecule has 0 aliphatic heterocycles. The molecule has 0 radical (unpaired) electrons. The van der Waals surface area contributed by atoms with E-state index in [0.29, 0.717) is 0 Å². The summed E-state index contributed by atoms with van der Waals surface area (Å²) in [5, 5.41) is 8.01. The first-order valence-electron chi connectivity index (χ1n) is 19.0. The number of hydrogen-bond acceptors (Lipinski definition) is 3. The van der Waals surface area contributed by atoms with Crippen LogP contribution in [0.2, 0.25) is 0 Å². The summed E-state index contributed by atoms with van der Waals surface area (Å²) in [7, 11) is -1.67. The monoisotopic (exact) mass is 1120 g/mol. The van der Waals surface area contributed by atoms with Crippen LogP contribution in [-0.2, 0) is 33.1 Å². The molecule has 3 nitrogen and oxygen atoms in total. The van der Waals surface area contributed by atoms with Crippen LogP contribution in [0.3, 0.4) is 0 Å². The Morgan fingerprint density at radius 1 is 0.262 bits per heavy atom.